The van der Waals surface area contributed by atoms with Crippen molar-refractivity contribution in [1.82, 2.24) is 20.1 Å². The second-order valence-electron chi connectivity index (χ2n) is 6.44. The molecule has 0 spiro atoms. The lowest BCUT2D eigenvalue weighted by Gasteiger charge is -2.09. The van der Waals surface area contributed by atoms with Gasteiger partial charge in [0.25, 0.3) is 0 Å². The predicted octanol–water partition coefficient (Wildman–Crippen LogP) is 5.04. The second-order valence-corrected chi connectivity index (χ2v) is 8.08. The minimum absolute atomic E-state index is 0.00463. The summed E-state index contributed by atoms with van der Waals surface area (Å²) in [6.07, 6.45) is 0. The summed E-state index contributed by atoms with van der Waals surface area (Å²) in [4.78, 5) is 15.8. The number of fused-ring (bicyclic) bond motifs is 3. The summed E-state index contributed by atoms with van der Waals surface area (Å²) in [7, 11) is 1.60. The van der Waals surface area contributed by atoms with E-state index in [-0.39, 0.29) is 5.91 Å². The van der Waals surface area contributed by atoms with Gasteiger partial charge in [-0.05, 0) is 38.5 Å². The normalized spacial score (nSPS) is 11.5. The number of carbonyl (C=O) groups excluding carboxylic acids is 1. The molecule has 2 aromatic heterocycles. The third-order valence-corrected chi connectivity index (χ3v) is 5.99. The Morgan fingerprint density at radius 2 is 1.73 bits per heavy atom. The molecule has 0 bridgehead atoms. The number of nitrogens with one attached hydrogen (secondary N) is 1. The summed E-state index contributed by atoms with van der Waals surface area (Å²) in [5.41, 5.74) is 4.52. The van der Waals surface area contributed by atoms with Crippen LogP contribution in [0.2, 0.25) is 5.02 Å². The molecule has 3 aromatic rings. The highest BCUT2D eigenvalue weighted by Crippen LogP contribution is 2.36. The molecule has 0 radical (unpaired) electrons. The van der Waals surface area contributed by atoms with Crippen molar-refractivity contribution in [3.63, 3.8) is 0 Å². The number of halogens is 1. The van der Waals surface area contributed by atoms with E-state index in [2.05, 4.69) is 33.9 Å². The van der Waals surface area contributed by atoms with E-state index in [0.717, 1.165) is 32.9 Å². The van der Waals surface area contributed by atoms with Crippen LogP contribution in [0, 0.1) is 20.8 Å². The molecule has 0 unspecified atom stereocenters. The number of nitrogens with zero attached hydrogens (tertiary/aromatic N) is 4. The van der Waals surface area contributed by atoms with Crippen LogP contribution in [0.5, 0.6) is 0 Å². The Morgan fingerprint density at radius 1 is 1.13 bits per heavy atom. The van der Waals surface area contributed by atoms with E-state index in [1.54, 1.807) is 18.4 Å². The number of thiophene rings is 1. The number of aryl methyl sites for hydroxylation is 2. The van der Waals surface area contributed by atoms with Gasteiger partial charge in [-0.1, -0.05) is 37.6 Å². The Hall–Kier alpha value is -2.51. The van der Waals surface area contributed by atoms with Gasteiger partial charge in [-0.2, -0.15) is 0 Å². The van der Waals surface area contributed by atoms with Gasteiger partial charge in [0.1, 0.15) is 17.4 Å². The molecule has 4 rings (SSSR count). The van der Waals surface area contributed by atoms with Crippen molar-refractivity contribution in [2.45, 2.75) is 48.1 Å². The Bertz CT molecular complexity index is 1050. The van der Waals surface area contributed by atoms with Gasteiger partial charge in [0, 0.05) is 35.0 Å². The maximum absolute atomic E-state index is 9.70. The van der Waals surface area contributed by atoms with Crippen LogP contribution < -0.4 is 5.32 Å². The zero-order chi connectivity index (χ0) is 22.4. The molecular weight excluding hydrogens is 418 g/mol. The molecule has 6 nitrogen and oxygen atoms in total. The van der Waals surface area contributed by atoms with Crippen molar-refractivity contribution in [1.29, 1.82) is 0 Å². The first kappa shape index (κ1) is 23.8. The third-order valence-electron chi connectivity index (χ3n) is 4.55. The molecule has 3 heterocycles. The van der Waals surface area contributed by atoms with Crippen molar-refractivity contribution < 1.29 is 4.79 Å². The molecule has 30 heavy (non-hydrogen) atoms. The van der Waals surface area contributed by atoms with Crippen LogP contribution in [0.25, 0.3) is 5.00 Å². The lowest BCUT2D eigenvalue weighted by Crippen LogP contribution is -2.11. The maximum Gasteiger partial charge on any atom is 0.216 e. The van der Waals surface area contributed by atoms with Crippen LogP contribution in [-0.2, 0) is 11.3 Å². The summed E-state index contributed by atoms with van der Waals surface area (Å²) in [5, 5.41) is 12.8. The zero-order valence-corrected chi connectivity index (χ0v) is 20.1. The van der Waals surface area contributed by atoms with E-state index in [9.17, 15) is 4.79 Å². The van der Waals surface area contributed by atoms with Crippen molar-refractivity contribution in [3.8, 4) is 5.00 Å². The standard InChI is InChI=1S/C17H15ClN4S.C3H7NO.C2H6/c1-9-10(2)23-17-15(9)16(12-4-6-13(18)7-5-12)19-8-14-21-20-11(3)22(14)17;1-3(5)4-2;1-2/h4-7H,8H2,1-3H3;1-2H3,(H,4,5);1-2H3. The molecular formula is C22H28ClN5OS. The van der Waals surface area contributed by atoms with Gasteiger partial charge in [0.05, 0.1) is 5.71 Å². The Labute approximate surface area is 187 Å². The number of benzene rings is 1. The van der Waals surface area contributed by atoms with Crippen molar-refractivity contribution in [2.24, 2.45) is 4.99 Å². The van der Waals surface area contributed by atoms with Crippen LogP contribution in [0.3, 0.4) is 0 Å². The fourth-order valence-corrected chi connectivity index (χ4v) is 4.24. The molecule has 0 atom stereocenters. The molecule has 1 N–H and O–H groups in total. The molecule has 1 amide bonds. The van der Waals surface area contributed by atoms with Crippen LogP contribution in [-0.4, -0.2) is 33.4 Å². The summed E-state index contributed by atoms with van der Waals surface area (Å²) < 4.78 is 2.13. The molecule has 1 aliphatic rings. The highest BCUT2D eigenvalue weighted by atomic mass is 35.5. The number of rotatable bonds is 1. The fraction of sp³-hybridized carbons (Fsp3) is 0.364. The molecule has 1 aromatic carbocycles. The monoisotopic (exact) mass is 445 g/mol. The minimum Gasteiger partial charge on any atom is -0.359 e. The highest BCUT2D eigenvalue weighted by molar-refractivity contribution is 7.15. The molecule has 0 saturated heterocycles. The molecule has 160 valence electrons. The third kappa shape index (κ3) is 4.96. The van der Waals surface area contributed by atoms with E-state index >= 15 is 0 Å². The number of aliphatic imine (C=N–C) groups is 1. The first-order chi connectivity index (χ1) is 14.3. The van der Waals surface area contributed by atoms with Crippen LogP contribution in [0.4, 0.5) is 0 Å². The maximum atomic E-state index is 9.70. The van der Waals surface area contributed by atoms with Crippen LogP contribution in [0.15, 0.2) is 29.3 Å². The van der Waals surface area contributed by atoms with Crippen molar-refractivity contribution in [3.05, 3.63) is 62.5 Å². The van der Waals surface area contributed by atoms with Gasteiger partial charge in [0.2, 0.25) is 5.91 Å². The Kier molecular flexibility index (Phi) is 8.32. The SMILES string of the molecule is CC.CNC(C)=O.Cc1sc2c(c1C)C(c1ccc(Cl)cc1)=NCc1nnc(C)n1-2. The second kappa shape index (κ2) is 10.5. The first-order valence-corrected chi connectivity index (χ1v) is 11.0. The van der Waals surface area contributed by atoms with E-state index in [0.29, 0.717) is 6.54 Å². The quantitative estimate of drug-likeness (QED) is 0.570. The molecule has 0 aliphatic carbocycles. The van der Waals surface area contributed by atoms with Crippen molar-refractivity contribution >= 4 is 34.6 Å². The summed E-state index contributed by atoms with van der Waals surface area (Å²) in [6.45, 7) is 12.3. The first-order valence-electron chi connectivity index (χ1n) is 9.83. The number of hydrogen-bond acceptors (Lipinski definition) is 5. The highest BCUT2D eigenvalue weighted by Gasteiger charge is 2.26. The summed E-state index contributed by atoms with van der Waals surface area (Å²) in [6, 6.07) is 7.86. The van der Waals surface area contributed by atoms with Gasteiger partial charge in [-0.25, -0.2) is 0 Å². The molecule has 0 saturated carbocycles. The summed E-state index contributed by atoms with van der Waals surface area (Å²) >= 11 is 7.80. The lowest BCUT2D eigenvalue weighted by molar-refractivity contribution is -0.118. The minimum atomic E-state index is 0.00463. The topological polar surface area (TPSA) is 72.2 Å². The van der Waals surface area contributed by atoms with Crippen LogP contribution in [0.1, 0.15) is 54.0 Å². The molecule has 1 aliphatic heterocycles. The summed E-state index contributed by atoms with van der Waals surface area (Å²) in [5.74, 6) is 1.79. The Balaban J connectivity index is 0.000000404. The van der Waals surface area contributed by atoms with Gasteiger partial charge in [0.15, 0.2) is 5.82 Å². The van der Waals surface area contributed by atoms with E-state index in [1.165, 1.54) is 22.9 Å². The number of carbonyl (C=O) groups is 1. The average molecular weight is 446 g/mol. The van der Waals surface area contributed by atoms with Crippen LogP contribution >= 0.6 is 22.9 Å². The number of hydrogen-bond donors (Lipinski definition) is 1. The number of aromatic nitrogens is 3. The lowest BCUT2D eigenvalue weighted by atomic mass is 10.00. The van der Waals surface area contributed by atoms with Gasteiger partial charge in [-0.15, -0.1) is 21.5 Å². The smallest absolute Gasteiger partial charge is 0.216 e. The van der Waals surface area contributed by atoms with Gasteiger partial charge in [-0.3, -0.25) is 14.4 Å². The predicted molar refractivity (Wildman–Crippen MR) is 125 cm³/mol. The van der Waals surface area contributed by atoms with E-state index in [1.807, 2.05) is 45.0 Å². The fourth-order valence-electron chi connectivity index (χ4n) is 2.89. The molecule has 0 fully saturated rings. The molecule has 8 heteroatoms. The van der Waals surface area contributed by atoms with E-state index < -0.39 is 0 Å². The van der Waals surface area contributed by atoms with Gasteiger partial charge < -0.3 is 5.32 Å². The van der Waals surface area contributed by atoms with Crippen molar-refractivity contribution in [2.75, 3.05) is 7.05 Å². The largest absolute Gasteiger partial charge is 0.359 e. The zero-order valence-electron chi connectivity index (χ0n) is 18.5. The number of amides is 1. The Morgan fingerprint density at radius 3 is 2.30 bits per heavy atom. The average Bonchev–Trinajstić information content (AvgIpc) is 3.19. The van der Waals surface area contributed by atoms with E-state index in [4.69, 9.17) is 16.6 Å². The van der Waals surface area contributed by atoms with Gasteiger partial charge >= 0.3 is 0 Å².